The van der Waals surface area contributed by atoms with Crippen molar-refractivity contribution in [1.29, 1.82) is 0 Å². The van der Waals surface area contributed by atoms with Gasteiger partial charge in [0.25, 0.3) is 0 Å². The van der Waals surface area contributed by atoms with Crippen LogP contribution in [-0.4, -0.2) is 7.11 Å². The van der Waals surface area contributed by atoms with E-state index in [0.29, 0.717) is 0 Å². The maximum absolute atomic E-state index is 4.47. The molecule has 0 aromatic carbocycles. The van der Waals surface area contributed by atoms with Crippen LogP contribution in [0.4, 0.5) is 0 Å². The molecule has 2 heteroatoms. The molecule has 0 spiro atoms. The quantitative estimate of drug-likeness (QED) is 0.344. The summed E-state index contributed by atoms with van der Waals surface area (Å²) in [5, 5.41) is 0. The molecule has 0 unspecified atom stereocenters. The van der Waals surface area contributed by atoms with Crippen molar-refractivity contribution < 1.29 is 37.4 Å². The Morgan fingerprint density at radius 1 is 1.71 bits per heavy atom. The second-order valence-corrected chi connectivity index (χ2v) is 0.724. The standard InChI is InChI=1S/C5H7O.Y/c1-3-4-5-6-2;/h3,5H,1H2,2H3;/q-1;. The van der Waals surface area contributed by atoms with Crippen LogP contribution >= 0.6 is 0 Å². The molecule has 37 valence electrons. The molecule has 0 rings (SSSR count). The summed E-state index contributed by atoms with van der Waals surface area (Å²) in [5.74, 6) is 0. The van der Waals surface area contributed by atoms with Crippen molar-refractivity contribution in [2.45, 2.75) is 0 Å². The fourth-order valence-corrected chi connectivity index (χ4v) is 0.116. The molecule has 0 heterocycles. The van der Waals surface area contributed by atoms with Crippen molar-refractivity contribution in [2.75, 3.05) is 7.11 Å². The van der Waals surface area contributed by atoms with Gasteiger partial charge in [-0.25, -0.2) is 18.7 Å². The Hall–Kier alpha value is 0.384. The van der Waals surface area contributed by atoms with E-state index in [2.05, 4.69) is 17.4 Å². The van der Waals surface area contributed by atoms with Gasteiger partial charge in [-0.3, -0.25) is 0 Å². The van der Waals surface area contributed by atoms with E-state index in [9.17, 15) is 0 Å². The first-order chi connectivity index (χ1) is 2.91. The topological polar surface area (TPSA) is 9.23 Å². The van der Waals surface area contributed by atoms with Gasteiger partial charge in [-0.15, -0.1) is 0 Å². The third-order valence-corrected chi connectivity index (χ3v) is 0.304. The van der Waals surface area contributed by atoms with Gasteiger partial charge in [-0.1, -0.05) is 0 Å². The first-order valence-corrected chi connectivity index (χ1v) is 1.63. The number of hydrogen-bond acceptors (Lipinski definition) is 1. The smallest absolute Gasteiger partial charge is 0.0742 e. The fourth-order valence-electron chi connectivity index (χ4n) is 0.116. The molecule has 1 radical (unpaired) electrons. The molecule has 0 fully saturated rings. The summed E-state index contributed by atoms with van der Waals surface area (Å²) >= 11 is 0. The first kappa shape index (κ1) is 10.4. The Bertz CT molecular complexity index is 59.1. The number of rotatable bonds is 2. The predicted molar refractivity (Wildman–Crippen MR) is 25.0 cm³/mol. The van der Waals surface area contributed by atoms with Crippen LogP contribution in [-0.2, 0) is 37.4 Å². The van der Waals surface area contributed by atoms with Gasteiger partial charge < -0.3 is 4.74 Å². The van der Waals surface area contributed by atoms with Gasteiger partial charge in [0.05, 0.1) is 7.11 Å². The van der Waals surface area contributed by atoms with E-state index in [1.165, 1.54) is 12.3 Å². The Kier molecular flexibility index (Phi) is 14.3. The minimum absolute atomic E-state index is 0. The Morgan fingerprint density at radius 3 is 2.43 bits per heavy atom. The number of ether oxygens (including phenoxy) is 1. The summed E-state index contributed by atoms with van der Waals surface area (Å²) in [7, 11) is 1.57. The molecule has 0 amide bonds. The van der Waals surface area contributed by atoms with Crippen molar-refractivity contribution in [2.24, 2.45) is 0 Å². The molecule has 0 aliphatic heterocycles. The Labute approximate surface area is 69.3 Å². The monoisotopic (exact) mass is 172 g/mol. The van der Waals surface area contributed by atoms with E-state index in [0.717, 1.165) is 0 Å². The molecule has 0 aromatic heterocycles. The summed E-state index contributed by atoms with van der Waals surface area (Å²) in [5.41, 5.74) is 0. The second-order valence-electron chi connectivity index (χ2n) is 0.724. The molecule has 0 atom stereocenters. The summed E-state index contributed by atoms with van der Waals surface area (Å²) in [6.07, 6.45) is 5.58. The molecule has 0 N–H and O–H groups in total. The van der Waals surface area contributed by atoms with Gasteiger partial charge in [-0.05, 0) is 6.26 Å². The zero-order valence-corrected chi connectivity index (χ0v) is 7.19. The minimum Gasteiger partial charge on any atom is -0.524 e. The van der Waals surface area contributed by atoms with E-state index < -0.39 is 0 Å². The van der Waals surface area contributed by atoms with Gasteiger partial charge in [0.15, 0.2) is 0 Å². The van der Waals surface area contributed by atoms with Crippen LogP contribution in [0.3, 0.4) is 0 Å². The van der Waals surface area contributed by atoms with E-state index in [1.807, 2.05) is 0 Å². The third-order valence-electron chi connectivity index (χ3n) is 0.304. The molecule has 0 bridgehead atoms. The molecular weight excluding hydrogens is 165 g/mol. The van der Waals surface area contributed by atoms with Crippen molar-refractivity contribution in [3.63, 3.8) is 0 Å². The van der Waals surface area contributed by atoms with Gasteiger partial charge in [-0.2, -0.15) is 0 Å². The van der Waals surface area contributed by atoms with Crippen molar-refractivity contribution in [3.8, 4) is 0 Å². The minimum atomic E-state index is 0. The van der Waals surface area contributed by atoms with Gasteiger partial charge in [0.1, 0.15) is 0 Å². The zero-order valence-electron chi connectivity index (χ0n) is 4.35. The zero-order chi connectivity index (χ0) is 4.83. The molecule has 0 aromatic rings. The fraction of sp³-hybridized carbons (Fsp3) is 0.200. The third kappa shape index (κ3) is 10.7. The molecule has 0 saturated heterocycles. The van der Waals surface area contributed by atoms with Crippen LogP contribution in [0.1, 0.15) is 0 Å². The molecule has 0 saturated carbocycles. The first-order valence-electron chi connectivity index (χ1n) is 1.63. The molecule has 7 heavy (non-hydrogen) atoms. The summed E-state index contributed by atoms with van der Waals surface area (Å²) < 4.78 is 4.47. The maximum Gasteiger partial charge on any atom is 0.0742 e. The number of allylic oxidation sites excluding steroid dienone is 2. The van der Waals surface area contributed by atoms with Crippen LogP contribution in [0.2, 0.25) is 0 Å². The Morgan fingerprint density at radius 2 is 2.29 bits per heavy atom. The van der Waals surface area contributed by atoms with Crippen LogP contribution in [0.25, 0.3) is 0 Å². The average Bonchev–Trinajstić information content (AvgIpc) is 1.61. The van der Waals surface area contributed by atoms with Crippen LogP contribution < -0.4 is 0 Å². The van der Waals surface area contributed by atoms with Crippen LogP contribution in [0, 0.1) is 6.08 Å². The van der Waals surface area contributed by atoms with Gasteiger partial charge in [0, 0.05) is 32.7 Å². The van der Waals surface area contributed by atoms with E-state index >= 15 is 0 Å². The summed E-state index contributed by atoms with van der Waals surface area (Å²) in [6, 6.07) is 0. The molecule has 1 nitrogen and oxygen atoms in total. The normalized spacial score (nSPS) is 7.57. The van der Waals surface area contributed by atoms with E-state index in [1.54, 1.807) is 7.11 Å². The van der Waals surface area contributed by atoms with Crippen molar-refractivity contribution in [1.82, 2.24) is 0 Å². The molecule has 0 aliphatic carbocycles. The predicted octanol–water partition coefficient (Wildman–Crippen LogP) is 1.13. The van der Waals surface area contributed by atoms with Crippen molar-refractivity contribution in [3.05, 3.63) is 25.0 Å². The second kappa shape index (κ2) is 9.63. The van der Waals surface area contributed by atoms with Gasteiger partial charge in [0.2, 0.25) is 0 Å². The van der Waals surface area contributed by atoms with Gasteiger partial charge >= 0.3 is 0 Å². The molecular formula is C5H7OY-. The number of methoxy groups -OCH3 is 1. The summed E-state index contributed by atoms with van der Waals surface area (Å²) in [4.78, 5) is 0. The average molecular weight is 172 g/mol. The van der Waals surface area contributed by atoms with Crippen LogP contribution in [0.5, 0.6) is 0 Å². The van der Waals surface area contributed by atoms with E-state index in [4.69, 9.17) is 0 Å². The van der Waals surface area contributed by atoms with E-state index in [-0.39, 0.29) is 32.7 Å². The maximum atomic E-state index is 4.47. The van der Waals surface area contributed by atoms with Crippen LogP contribution in [0.15, 0.2) is 18.9 Å². The van der Waals surface area contributed by atoms with Crippen molar-refractivity contribution >= 4 is 0 Å². The molecule has 0 aliphatic rings. The number of hydrogen-bond donors (Lipinski definition) is 0. The summed E-state index contributed by atoms with van der Waals surface area (Å²) in [6.45, 7) is 3.38. The SMILES string of the molecule is C=C[C-]=COC.[Y]. The largest absolute Gasteiger partial charge is 0.524 e. The Balaban J connectivity index is 0.